The molecule has 0 amide bonds. The molecule has 0 saturated heterocycles. The second kappa shape index (κ2) is 5.10. The van der Waals surface area contributed by atoms with E-state index in [-0.39, 0.29) is 28.4 Å². The summed E-state index contributed by atoms with van der Waals surface area (Å²) in [6.45, 7) is 3.93. The molecule has 3 nitrogen and oxygen atoms in total. The number of aliphatic hydroxyl groups is 1. The normalized spacial score (nSPS) is 11.2. The van der Waals surface area contributed by atoms with Crippen LogP contribution in [-0.4, -0.2) is 16.7 Å². The Morgan fingerprint density at radius 2 is 1.36 bits per heavy atom. The summed E-state index contributed by atoms with van der Waals surface area (Å²) in [5.74, 6) is -1.20. The number of carbonyl (C=O) groups is 2. The zero-order chi connectivity index (χ0) is 8.31. The largest absolute Gasteiger partial charge is 0.504 e. The first-order valence-corrected chi connectivity index (χ1v) is 2.88. The van der Waals surface area contributed by atoms with Gasteiger partial charge in [-0.05, 0) is 13.8 Å². The molecule has 0 unspecified atom stereocenters. The molecule has 1 radical (unpaired) electrons. The van der Waals surface area contributed by atoms with Gasteiger partial charge in [-0.15, -0.1) is 0 Å². The standard InChI is InChI=1S/C7H10O3.Cu/c1-4(5(2)8)7(10)6(3)9;/h10H,1-3H3;/b7-4-;. The van der Waals surface area contributed by atoms with Gasteiger partial charge in [0, 0.05) is 29.6 Å². The molecular weight excluding hydrogens is 196 g/mol. The van der Waals surface area contributed by atoms with Gasteiger partial charge >= 0.3 is 0 Å². The van der Waals surface area contributed by atoms with Gasteiger partial charge < -0.3 is 5.11 Å². The van der Waals surface area contributed by atoms with Gasteiger partial charge in [-0.25, -0.2) is 0 Å². The van der Waals surface area contributed by atoms with Gasteiger partial charge in [0.1, 0.15) is 0 Å². The average Bonchev–Trinajstić information content (AvgIpc) is 1.84. The van der Waals surface area contributed by atoms with Gasteiger partial charge in [0.2, 0.25) is 0 Å². The zero-order valence-corrected chi connectivity index (χ0v) is 7.51. The van der Waals surface area contributed by atoms with Crippen molar-refractivity contribution in [3.05, 3.63) is 11.3 Å². The van der Waals surface area contributed by atoms with Crippen molar-refractivity contribution in [2.75, 3.05) is 0 Å². The maximum atomic E-state index is 10.5. The van der Waals surface area contributed by atoms with Crippen molar-refractivity contribution >= 4 is 11.6 Å². The maximum Gasteiger partial charge on any atom is 0.194 e. The first-order chi connectivity index (χ1) is 4.46. The van der Waals surface area contributed by atoms with Crippen LogP contribution in [0.25, 0.3) is 0 Å². The Kier molecular flexibility index (Phi) is 6.04. The SMILES string of the molecule is CC(=O)/C(C)=C(\O)C(C)=O.[Cu]. The van der Waals surface area contributed by atoms with E-state index in [0.717, 1.165) is 0 Å². The van der Waals surface area contributed by atoms with E-state index in [2.05, 4.69) is 0 Å². The summed E-state index contributed by atoms with van der Waals surface area (Å²) in [6.07, 6.45) is 0. The Labute approximate surface area is 76.0 Å². The molecule has 0 aromatic heterocycles. The van der Waals surface area contributed by atoms with Crippen molar-refractivity contribution in [1.29, 1.82) is 0 Å². The molecule has 0 spiro atoms. The fraction of sp³-hybridized carbons (Fsp3) is 0.429. The molecule has 0 rings (SSSR count). The van der Waals surface area contributed by atoms with Crippen molar-refractivity contribution in [3.63, 3.8) is 0 Å². The molecule has 67 valence electrons. The van der Waals surface area contributed by atoms with E-state index < -0.39 is 11.5 Å². The van der Waals surface area contributed by atoms with Crippen LogP contribution < -0.4 is 0 Å². The van der Waals surface area contributed by atoms with Crippen LogP contribution >= 0.6 is 0 Å². The summed E-state index contributed by atoms with van der Waals surface area (Å²) in [7, 11) is 0. The predicted octanol–water partition coefficient (Wildman–Crippen LogP) is 0.994. The molecule has 0 aromatic rings. The molecule has 11 heavy (non-hydrogen) atoms. The van der Waals surface area contributed by atoms with E-state index in [1.807, 2.05) is 0 Å². The Hall–Kier alpha value is -0.601. The fourth-order valence-corrected chi connectivity index (χ4v) is 0.431. The molecule has 0 aliphatic heterocycles. The Morgan fingerprint density at radius 3 is 1.45 bits per heavy atom. The second-order valence-corrected chi connectivity index (χ2v) is 2.09. The zero-order valence-electron chi connectivity index (χ0n) is 6.57. The van der Waals surface area contributed by atoms with Gasteiger partial charge in [0.15, 0.2) is 17.3 Å². The van der Waals surface area contributed by atoms with E-state index in [9.17, 15) is 9.59 Å². The smallest absolute Gasteiger partial charge is 0.194 e. The molecule has 0 aliphatic carbocycles. The molecule has 0 bridgehead atoms. The van der Waals surface area contributed by atoms with Crippen molar-refractivity contribution in [1.82, 2.24) is 0 Å². The number of ketones is 2. The average molecular weight is 206 g/mol. The molecule has 4 heteroatoms. The molecule has 0 fully saturated rings. The fourth-order valence-electron chi connectivity index (χ4n) is 0.431. The molecule has 0 aromatic carbocycles. The van der Waals surface area contributed by atoms with E-state index >= 15 is 0 Å². The van der Waals surface area contributed by atoms with Crippen molar-refractivity contribution in [3.8, 4) is 0 Å². The van der Waals surface area contributed by atoms with Crippen molar-refractivity contribution in [2.45, 2.75) is 20.8 Å². The third kappa shape index (κ3) is 3.96. The number of carbonyl (C=O) groups excluding carboxylic acids is 2. The summed E-state index contributed by atoms with van der Waals surface area (Å²) in [5.41, 5.74) is 0.118. The summed E-state index contributed by atoms with van der Waals surface area (Å²) >= 11 is 0. The van der Waals surface area contributed by atoms with Gasteiger partial charge in [0.25, 0.3) is 0 Å². The van der Waals surface area contributed by atoms with Gasteiger partial charge in [-0.2, -0.15) is 0 Å². The molecule has 0 saturated carbocycles. The van der Waals surface area contributed by atoms with Crippen LogP contribution in [0.4, 0.5) is 0 Å². The second-order valence-electron chi connectivity index (χ2n) is 2.09. The third-order valence-corrected chi connectivity index (χ3v) is 1.22. The molecule has 0 aliphatic rings. The number of allylic oxidation sites excluding steroid dienone is 2. The topological polar surface area (TPSA) is 54.4 Å². The maximum absolute atomic E-state index is 10.5. The van der Waals surface area contributed by atoms with Gasteiger partial charge in [0.05, 0.1) is 0 Å². The molecule has 0 heterocycles. The van der Waals surface area contributed by atoms with E-state index in [4.69, 9.17) is 5.11 Å². The molecule has 0 atom stereocenters. The first-order valence-electron chi connectivity index (χ1n) is 2.88. The predicted molar refractivity (Wildman–Crippen MR) is 36.7 cm³/mol. The van der Waals surface area contributed by atoms with E-state index in [0.29, 0.717) is 0 Å². The quantitative estimate of drug-likeness (QED) is 0.416. The monoisotopic (exact) mass is 205 g/mol. The van der Waals surface area contributed by atoms with Crippen molar-refractivity contribution in [2.24, 2.45) is 0 Å². The van der Waals surface area contributed by atoms with Gasteiger partial charge in [-0.1, -0.05) is 0 Å². The Morgan fingerprint density at radius 1 is 1.00 bits per heavy atom. The minimum Gasteiger partial charge on any atom is -0.504 e. The van der Waals surface area contributed by atoms with Crippen LogP contribution in [0, 0.1) is 0 Å². The van der Waals surface area contributed by atoms with Crippen LogP contribution in [0.3, 0.4) is 0 Å². The minimum absolute atomic E-state index is 0. The summed E-state index contributed by atoms with van der Waals surface area (Å²) in [4.78, 5) is 20.9. The number of hydrogen-bond acceptors (Lipinski definition) is 3. The van der Waals surface area contributed by atoms with Crippen LogP contribution in [-0.2, 0) is 26.7 Å². The third-order valence-electron chi connectivity index (χ3n) is 1.22. The molecular formula is C7H10CuO3. The number of Topliss-reactive ketones (excluding diaryl/α,β-unsaturated/α-hetero) is 2. The van der Waals surface area contributed by atoms with Crippen LogP contribution in [0.1, 0.15) is 20.8 Å². The van der Waals surface area contributed by atoms with Crippen LogP contribution in [0.2, 0.25) is 0 Å². The van der Waals surface area contributed by atoms with Crippen LogP contribution in [0.15, 0.2) is 11.3 Å². The molecule has 1 N–H and O–H groups in total. The van der Waals surface area contributed by atoms with Gasteiger partial charge in [-0.3, -0.25) is 9.59 Å². The van der Waals surface area contributed by atoms with E-state index in [1.54, 1.807) is 0 Å². The number of aliphatic hydroxyl groups excluding tert-OH is 1. The summed E-state index contributed by atoms with van der Waals surface area (Å²) in [6, 6.07) is 0. The summed E-state index contributed by atoms with van der Waals surface area (Å²) in [5, 5.41) is 8.87. The minimum atomic E-state index is -0.479. The van der Waals surface area contributed by atoms with Crippen LogP contribution in [0.5, 0.6) is 0 Å². The number of rotatable bonds is 2. The van der Waals surface area contributed by atoms with Crippen molar-refractivity contribution < 1.29 is 31.8 Å². The number of hydrogen-bond donors (Lipinski definition) is 1. The Balaban J connectivity index is 0. The Bertz CT molecular complexity index is 184. The first kappa shape index (κ1) is 13.0. The van der Waals surface area contributed by atoms with E-state index in [1.165, 1.54) is 20.8 Å². The summed E-state index contributed by atoms with van der Waals surface area (Å²) < 4.78 is 0.